The molecule has 0 bridgehead atoms. The molecule has 0 aliphatic rings. The van der Waals surface area contributed by atoms with Gasteiger partial charge in [0, 0.05) is 10.9 Å². The van der Waals surface area contributed by atoms with Crippen LogP contribution in [-0.2, 0) is 15.8 Å². The van der Waals surface area contributed by atoms with E-state index in [0.717, 1.165) is 23.0 Å². The molecule has 1 atom stereocenters. The predicted molar refractivity (Wildman–Crippen MR) is 178 cm³/mol. The summed E-state index contributed by atoms with van der Waals surface area (Å²) in [5.74, 6) is -0.946. The van der Waals surface area contributed by atoms with E-state index < -0.39 is 20.0 Å². The highest BCUT2D eigenvalue weighted by Gasteiger charge is 2.51. The zero-order valence-electron chi connectivity index (χ0n) is 25.3. The van der Waals surface area contributed by atoms with Crippen molar-refractivity contribution in [3.05, 3.63) is 126 Å². The maximum Gasteiger partial charge on any atom is 0.276 e. The maximum atomic E-state index is 13.2. The molecule has 2 aromatic heterocycles. The summed E-state index contributed by atoms with van der Waals surface area (Å²) in [5.41, 5.74) is 2.75. The van der Waals surface area contributed by atoms with Crippen molar-refractivity contribution in [2.24, 2.45) is 0 Å². The van der Waals surface area contributed by atoms with E-state index in [2.05, 4.69) is 91.5 Å². The van der Waals surface area contributed by atoms with E-state index in [1.807, 2.05) is 41.8 Å². The molecule has 1 N–H and O–H groups in total. The van der Waals surface area contributed by atoms with E-state index in [1.165, 1.54) is 33.8 Å². The number of halogens is 1. The first kappa shape index (κ1) is 31.4. The normalized spacial score (nSPS) is 12.6. The van der Waals surface area contributed by atoms with Crippen molar-refractivity contribution in [1.29, 1.82) is 0 Å². The lowest BCUT2D eigenvalue weighted by molar-refractivity contribution is 0.0450. The molecule has 0 saturated heterocycles. The Morgan fingerprint density at radius 2 is 1.57 bits per heavy atom. The van der Waals surface area contributed by atoms with Crippen LogP contribution in [0.5, 0.6) is 0 Å². The average molecular weight is 626 g/mol. The smallest absolute Gasteiger partial charge is 0.276 e. The predicted octanol–water partition coefficient (Wildman–Crippen LogP) is 7.08. The fourth-order valence-electron chi connectivity index (χ4n) is 5.38. The molecule has 2 heterocycles. The Labute approximate surface area is 263 Å². The molecular formula is C35H36FN3O3SSi. The van der Waals surface area contributed by atoms with Gasteiger partial charge in [0.25, 0.3) is 14.2 Å². The van der Waals surface area contributed by atoms with Crippen LogP contribution < -0.4 is 15.7 Å². The summed E-state index contributed by atoms with van der Waals surface area (Å²) in [5, 5.41) is 7.41. The van der Waals surface area contributed by atoms with Crippen LogP contribution in [0.3, 0.4) is 0 Å². The van der Waals surface area contributed by atoms with Crippen LogP contribution in [0.25, 0.3) is 11.3 Å². The summed E-state index contributed by atoms with van der Waals surface area (Å²) >= 11 is 1.31. The fraction of sp³-hybridized carbons (Fsp3) is 0.229. The van der Waals surface area contributed by atoms with Crippen molar-refractivity contribution in [3.8, 4) is 11.3 Å². The molecule has 0 unspecified atom stereocenters. The van der Waals surface area contributed by atoms with E-state index in [0.29, 0.717) is 18.3 Å². The van der Waals surface area contributed by atoms with Crippen LogP contribution in [0, 0.1) is 5.82 Å². The van der Waals surface area contributed by atoms with E-state index >= 15 is 0 Å². The first-order valence-corrected chi connectivity index (χ1v) is 17.3. The Kier molecular flexibility index (Phi) is 9.80. The van der Waals surface area contributed by atoms with Crippen molar-refractivity contribution in [1.82, 2.24) is 9.97 Å². The minimum atomic E-state index is -2.69. The van der Waals surface area contributed by atoms with Gasteiger partial charge in [-0.2, -0.15) is 0 Å². The van der Waals surface area contributed by atoms with Gasteiger partial charge < -0.3 is 9.16 Å². The summed E-state index contributed by atoms with van der Waals surface area (Å²) in [7, 11) is -2.69. The standard InChI is InChI=1S/C35H36FN3O3SSi/c1-25(42-44(35(2,3)4,28-14-7-5-8-15-28)29-16-9-6-10-17-29)22-41-23-26-13-11-12-18-30(26)32-24-43-34(38-32)39-33(40)31-20-19-27(36)21-37-31/h5-21,24-25H,22-23H2,1-4H3,(H,38,39,40)/t25-/m0/s1. The second kappa shape index (κ2) is 13.7. The van der Waals surface area contributed by atoms with Gasteiger partial charge in [0.05, 0.1) is 31.2 Å². The van der Waals surface area contributed by atoms with Gasteiger partial charge in [0.2, 0.25) is 0 Å². The number of rotatable bonds is 11. The average Bonchev–Trinajstić information content (AvgIpc) is 3.49. The number of nitrogens with zero attached hydrogens (tertiary/aromatic N) is 2. The number of hydrogen-bond donors (Lipinski definition) is 1. The number of carbonyl (C=O) groups is 1. The van der Waals surface area contributed by atoms with Gasteiger partial charge in [0.15, 0.2) is 5.13 Å². The Hall–Kier alpha value is -4.02. The molecule has 5 aromatic rings. The fourth-order valence-corrected chi connectivity index (χ4v) is 10.8. The minimum Gasteiger partial charge on any atom is -0.402 e. The lowest BCUT2D eigenvalue weighted by Gasteiger charge is -2.44. The number of hydrogen-bond acceptors (Lipinski definition) is 6. The number of benzene rings is 3. The molecule has 6 nitrogen and oxygen atoms in total. The zero-order chi connectivity index (χ0) is 31.2. The highest BCUT2D eigenvalue weighted by atomic mass is 32.1. The van der Waals surface area contributed by atoms with Crippen molar-refractivity contribution in [3.63, 3.8) is 0 Å². The lowest BCUT2D eigenvalue weighted by Crippen LogP contribution is -2.67. The number of anilines is 1. The minimum absolute atomic E-state index is 0.117. The van der Waals surface area contributed by atoms with Gasteiger partial charge in [-0.25, -0.2) is 14.4 Å². The number of pyridine rings is 1. The molecule has 226 valence electrons. The summed E-state index contributed by atoms with van der Waals surface area (Å²) in [6, 6.07) is 31.7. The first-order chi connectivity index (χ1) is 21.2. The summed E-state index contributed by atoms with van der Waals surface area (Å²) < 4.78 is 26.6. The van der Waals surface area contributed by atoms with Crippen LogP contribution in [0.4, 0.5) is 9.52 Å². The van der Waals surface area contributed by atoms with Crippen LogP contribution in [0.1, 0.15) is 43.7 Å². The van der Waals surface area contributed by atoms with Gasteiger partial charge in [-0.1, -0.05) is 106 Å². The van der Waals surface area contributed by atoms with Gasteiger partial charge in [-0.3, -0.25) is 10.1 Å². The largest absolute Gasteiger partial charge is 0.402 e. The summed E-state index contributed by atoms with van der Waals surface area (Å²) in [6.45, 7) is 9.68. The third kappa shape index (κ3) is 7.02. The Morgan fingerprint density at radius 3 is 2.18 bits per heavy atom. The number of aromatic nitrogens is 2. The Bertz CT molecular complexity index is 1640. The van der Waals surface area contributed by atoms with Gasteiger partial charge in [-0.05, 0) is 40.0 Å². The van der Waals surface area contributed by atoms with Crippen molar-refractivity contribution < 1.29 is 18.3 Å². The SMILES string of the molecule is C[C@@H](COCc1ccccc1-c1csc(NC(=O)c2ccc(F)cn2)n1)O[Si](c1ccccc1)(c1ccccc1)C(C)(C)C. The van der Waals surface area contributed by atoms with Crippen LogP contribution in [-0.4, -0.2) is 36.9 Å². The third-order valence-electron chi connectivity index (χ3n) is 7.38. The highest BCUT2D eigenvalue weighted by Crippen LogP contribution is 2.37. The molecule has 44 heavy (non-hydrogen) atoms. The number of carbonyl (C=O) groups excluding carboxylic acids is 1. The second-order valence-corrected chi connectivity index (χ2v) is 16.7. The molecule has 0 fully saturated rings. The monoisotopic (exact) mass is 625 g/mol. The van der Waals surface area contributed by atoms with Gasteiger partial charge in [0.1, 0.15) is 11.5 Å². The van der Waals surface area contributed by atoms with Crippen molar-refractivity contribution in [2.45, 2.75) is 45.4 Å². The third-order valence-corrected chi connectivity index (χ3v) is 13.3. The first-order valence-electron chi connectivity index (χ1n) is 14.5. The molecule has 1 amide bonds. The topological polar surface area (TPSA) is 73.3 Å². The second-order valence-electron chi connectivity index (χ2n) is 11.6. The van der Waals surface area contributed by atoms with Gasteiger partial charge >= 0.3 is 0 Å². The maximum absolute atomic E-state index is 13.2. The lowest BCUT2D eigenvalue weighted by atomic mass is 10.1. The molecule has 9 heteroatoms. The molecule has 0 saturated carbocycles. The number of thiazole rings is 1. The quantitative estimate of drug-likeness (QED) is 0.159. The molecule has 0 radical (unpaired) electrons. The van der Waals surface area contributed by atoms with E-state index in [4.69, 9.17) is 9.16 Å². The van der Waals surface area contributed by atoms with Crippen LogP contribution >= 0.6 is 11.3 Å². The van der Waals surface area contributed by atoms with Crippen molar-refractivity contribution >= 4 is 41.1 Å². The Morgan fingerprint density at radius 1 is 0.932 bits per heavy atom. The van der Waals surface area contributed by atoms with E-state index in [1.54, 1.807) is 0 Å². The molecule has 0 aliphatic carbocycles. The number of nitrogens with one attached hydrogen (secondary N) is 1. The van der Waals surface area contributed by atoms with Crippen molar-refractivity contribution in [2.75, 3.05) is 11.9 Å². The molecular weight excluding hydrogens is 590 g/mol. The summed E-state index contributed by atoms with van der Waals surface area (Å²) in [4.78, 5) is 21.0. The molecule has 0 aliphatic heterocycles. The molecule has 0 spiro atoms. The Balaban J connectivity index is 1.29. The molecule has 3 aromatic carbocycles. The van der Waals surface area contributed by atoms with Crippen LogP contribution in [0.2, 0.25) is 5.04 Å². The van der Waals surface area contributed by atoms with Crippen LogP contribution in [0.15, 0.2) is 109 Å². The summed E-state index contributed by atoms with van der Waals surface area (Å²) in [6.07, 6.45) is 0.855. The molecule has 5 rings (SSSR count). The number of amides is 1. The van der Waals surface area contributed by atoms with Gasteiger partial charge in [-0.15, -0.1) is 11.3 Å². The van der Waals surface area contributed by atoms with E-state index in [9.17, 15) is 9.18 Å². The van der Waals surface area contributed by atoms with E-state index in [-0.39, 0.29) is 16.8 Å². The highest BCUT2D eigenvalue weighted by molar-refractivity contribution is 7.14. The number of ether oxygens (including phenoxy) is 1. The zero-order valence-corrected chi connectivity index (χ0v) is 27.1.